The second-order valence-electron chi connectivity index (χ2n) is 4.03. The fraction of sp³-hybridized carbons (Fsp3) is 0.500. The van der Waals surface area contributed by atoms with Crippen LogP contribution in [0, 0.1) is 11.6 Å². The van der Waals surface area contributed by atoms with E-state index in [9.17, 15) is 8.78 Å². The summed E-state index contributed by atoms with van der Waals surface area (Å²) in [5.41, 5.74) is 5.29. The van der Waals surface area contributed by atoms with Gasteiger partial charge < -0.3 is 10.5 Å². The number of nitrogens with two attached hydrogens (primary N) is 1. The van der Waals surface area contributed by atoms with Gasteiger partial charge in [0.15, 0.2) is 0 Å². The lowest BCUT2D eigenvalue weighted by atomic mass is 10.0. The van der Waals surface area contributed by atoms with E-state index >= 15 is 0 Å². The number of hydrogen-bond acceptors (Lipinski definition) is 2. The molecule has 0 spiro atoms. The fourth-order valence-corrected chi connectivity index (χ4v) is 1.21. The van der Waals surface area contributed by atoms with E-state index in [1.54, 1.807) is 0 Å². The predicted octanol–water partition coefficient (Wildman–Crippen LogP) is 2.61. The number of hydrogen-bond donors (Lipinski definition) is 1. The van der Waals surface area contributed by atoms with Crippen LogP contribution in [0.2, 0.25) is 0 Å². The summed E-state index contributed by atoms with van der Waals surface area (Å²) >= 11 is 0. The third-order valence-corrected chi connectivity index (χ3v) is 2.76. The van der Waals surface area contributed by atoms with Crippen molar-refractivity contribution in [1.29, 1.82) is 0 Å². The van der Waals surface area contributed by atoms with E-state index in [0.717, 1.165) is 24.6 Å². The second-order valence-corrected chi connectivity index (χ2v) is 4.03. The van der Waals surface area contributed by atoms with Crippen molar-refractivity contribution >= 4 is 0 Å². The minimum Gasteiger partial charge on any atom is -0.369 e. The average molecular weight is 229 g/mol. The molecule has 90 valence electrons. The van der Waals surface area contributed by atoms with Gasteiger partial charge in [0.1, 0.15) is 11.6 Å². The Labute approximate surface area is 94.4 Å². The Bertz CT molecular complexity index is 351. The van der Waals surface area contributed by atoms with E-state index < -0.39 is 17.2 Å². The maximum atomic E-state index is 13.3. The lowest BCUT2D eigenvalue weighted by Crippen LogP contribution is -2.36. The first kappa shape index (κ1) is 13.1. The molecule has 4 heteroatoms. The molecule has 16 heavy (non-hydrogen) atoms. The standard InChI is InChI=1S/C12H17F2NO/c1-3-12(2,8-15)16-7-9-6-10(13)4-5-11(9)14/h4-6H,3,7-8,15H2,1-2H3. The molecule has 0 aliphatic carbocycles. The highest BCUT2D eigenvalue weighted by Gasteiger charge is 2.21. The fourth-order valence-electron chi connectivity index (χ4n) is 1.21. The van der Waals surface area contributed by atoms with Crippen LogP contribution in [0.5, 0.6) is 0 Å². The highest BCUT2D eigenvalue weighted by molar-refractivity contribution is 5.17. The molecule has 1 aromatic rings. The first-order chi connectivity index (χ1) is 7.50. The molecule has 0 fully saturated rings. The van der Waals surface area contributed by atoms with Gasteiger partial charge in [-0.15, -0.1) is 0 Å². The SMILES string of the molecule is CCC(C)(CN)OCc1cc(F)ccc1F. The van der Waals surface area contributed by atoms with Gasteiger partial charge in [0.2, 0.25) is 0 Å². The molecular formula is C12H17F2NO. The summed E-state index contributed by atoms with van der Waals surface area (Å²) in [5, 5.41) is 0. The van der Waals surface area contributed by atoms with Gasteiger partial charge in [-0.25, -0.2) is 8.78 Å². The van der Waals surface area contributed by atoms with Gasteiger partial charge in [-0.2, -0.15) is 0 Å². The lowest BCUT2D eigenvalue weighted by Gasteiger charge is -2.27. The highest BCUT2D eigenvalue weighted by Crippen LogP contribution is 2.18. The van der Waals surface area contributed by atoms with Gasteiger partial charge in [-0.05, 0) is 31.5 Å². The quantitative estimate of drug-likeness (QED) is 0.842. The summed E-state index contributed by atoms with van der Waals surface area (Å²) in [5.74, 6) is -0.928. The molecular weight excluding hydrogens is 212 g/mol. The second kappa shape index (κ2) is 5.37. The van der Waals surface area contributed by atoms with E-state index in [0.29, 0.717) is 6.54 Å². The van der Waals surface area contributed by atoms with Crippen molar-refractivity contribution < 1.29 is 13.5 Å². The zero-order valence-corrected chi connectivity index (χ0v) is 9.59. The zero-order valence-electron chi connectivity index (χ0n) is 9.59. The molecule has 0 bridgehead atoms. The Kier molecular flexibility index (Phi) is 4.38. The lowest BCUT2D eigenvalue weighted by molar-refractivity contribution is -0.0398. The number of ether oxygens (including phenoxy) is 1. The molecule has 0 amide bonds. The maximum Gasteiger partial charge on any atom is 0.128 e. The maximum absolute atomic E-state index is 13.3. The van der Waals surface area contributed by atoms with Crippen molar-refractivity contribution in [2.24, 2.45) is 5.73 Å². The number of benzene rings is 1. The first-order valence-electron chi connectivity index (χ1n) is 5.28. The number of rotatable bonds is 5. The summed E-state index contributed by atoms with van der Waals surface area (Å²) in [7, 11) is 0. The normalized spacial score (nSPS) is 14.8. The van der Waals surface area contributed by atoms with Crippen molar-refractivity contribution in [3.8, 4) is 0 Å². The molecule has 0 heterocycles. The Morgan fingerprint density at radius 2 is 2.06 bits per heavy atom. The van der Waals surface area contributed by atoms with E-state index in [4.69, 9.17) is 10.5 Å². The van der Waals surface area contributed by atoms with Crippen molar-refractivity contribution in [3.63, 3.8) is 0 Å². The molecule has 1 rings (SSSR count). The highest BCUT2D eigenvalue weighted by atomic mass is 19.1. The van der Waals surface area contributed by atoms with Crippen LogP contribution in [0.1, 0.15) is 25.8 Å². The molecule has 0 aliphatic heterocycles. The Morgan fingerprint density at radius 1 is 1.38 bits per heavy atom. The Balaban J connectivity index is 2.70. The van der Waals surface area contributed by atoms with Gasteiger partial charge in [0.25, 0.3) is 0 Å². The van der Waals surface area contributed by atoms with Gasteiger partial charge >= 0.3 is 0 Å². The van der Waals surface area contributed by atoms with E-state index in [1.807, 2.05) is 13.8 Å². The van der Waals surface area contributed by atoms with Crippen LogP contribution in [0.25, 0.3) is 0 Å². The van der Waals surface area contributed by atoms with Crippen molar-refractivity contribution in [1.82, 2.24) is 0 Å². The summed E-state index contributed by atoms with van der Waals surface area (Å²) in [6.07, 6.45) is 0.723. The third kappa shape index (κ3) is 3.25. The molecule has 2 nitrogen and oxygen atoms in total. The van der Waals surface area contributed by atoms with Gasteiger partial charge in [-0.1, -0.05) is 6.92 Å². The average Bonchev–Trinajstić information content (AvgIpc) is 2.30. The van der Waals surface area contributed by atoms with Crippen LogP contribution in [0.3, 0.4) is 0 Å². The van der Waals surface area contributed by atoms with Crippen LogP contribution in [-0.2, 0) is 11.3 Å². The molecule has 0 aromatic heterocycles. The summed E-state index contributed by atoms with van der Waals surface area (Å²) < 4.78 is 31.7. The third-order valence-electron chi connectivity index (χ3n) is 2.76. The molecule has 1 atom stereocenters. The van der Waals surface area contributed by atoms with E-state index in [2.05, 4.69) is 0 Å². The van der Waals surface area contributed by atoms with Crippen molar-refractivity contribution in [3.05, 3.63) is 35.4 Å². The number of halogens is 2. The molecule has 1 unspecified atom stereocenters. The molecule has 0 aliphatic rings. The van der Waals surface area contributed by atoms with Crippen molar-refractivity contribution in [2.45, 2.75) is 32.5 Å². The van der Waals surface area contributed by atoms with Gasteiger partial charge in [0.05, 0.1) is 12.2 Å². The van der Waals surface area contributed by atoms with E-state index in [-0.39, 0.29) is 12.2 Å². The first-order valence-corrected chi connectivity index (χ1v) is 5.28. The molecule has 0 saturated carbocycles. The van der Waals surface area contributed by atoms with Crippen molar-refractivity contribution in [2.75, 3.05) is 6.54 Å². The monoisotopic (exact) mass is 229 g/mol. The molecule has 0 radical (unpaired) electrons. The van der Waals surface area contributed by atoms with Crippen LogP contribution in [-0.4, -0.2) is 12.1 Å². The smallest absolute Gasteiger partial charge is 0.128 e. The van der Waals surface area contributed by atoms with Crippen LogP contribution in [0.4, 0.5) is 8.78 Å². The molecule has 0 saturated heterocycles. The molecule has 1 aromatic carbocycles. The predicted molar refractivity (Wildman–Crippen MR) is 58.9 cm³/mol. The van der Waals surface area contributed by atoms with Gasteiger partial charge in [-0.3, -0.25) is 0 Å². The van der Waals surface area contributed by atoms with Crippen LogP contribution in [0.15, 0.2) is 18.2 Å². The minimum absolute atomic E-state index is 0.0329. The Morgan fingerprint density at radius 3 is 2.62 bits per heavy atom. The Hall–Kier alpha value is -1.00. The summed E-state index contributed by atoms with van der Waals surface area (Å²) in [6.45, 7) is 4.17. The van der Waals surface area contributed by atoms with Crippen LogP contribution >= 0.6 is 0 Å². The van der Waals surface area contributed by atoms with Gasteiger partial charge in [0, 0.05) is 12.1 Å². The van der Waals surface area contributed by atoms with Crippen LogP contribution < -0.4 is 5.73 Å². The minimum atomic E-state index is -0.487. The van der Waals surface area contributed by atoms with E-state index in [1.165, 1.54) is 0 Å². The zero-order chi connectivity index (χ0) is 12.2. The summed E-state index contributed by atoms with van der Waals surface area (Å²) in [6, 6.07) is 3.32. The molecule has 2 N–H and O–H groups in total. The largest absolute Gasteiger partial charge is 0.369 e. The summed E-state index contributed by atoms with van der Waals surface area (Å²) in [4.78, 5) is 0. The topological polar surface area (TPSA) is 35.2 Å².